The lowest BCUT2D eigenvalue weighted by molar-refractivity contribution is 0.0374. The van der Waals surface area contributed by atoms with Crippen LogP contribution < -0.4 is 10.1 Å². The van der Waals surface area contributed by atoms with E-state index in [-0.39, 0.29) is 5.91 Å². The smallest absolute Gasteiger partial charge is 0.251 e. The lowest BCUT2D eigenvalue weighted by Crippen LogP contribution is -2.38. The average molecular weight is 292 g/mol. The SMILES string of the molecule is CCOc1cccc(C(=O)NCCCN2CCOCC2)c1. The van der Waals surface area contributed by atoms with Crippen LogP contribution in [-0.2, 0) is 4.74 Å². The molecule has 1 aliphatic rings. The van der Waals surface area contributed by atoms with Crippen LogP contribution in [0.2, 0.25) is 0 Å². The van der Waals surface area contributed by atoms with Crippen molar-refractivity contribution in [1.29, 1.82) is 0 Å². The Hall–Kier alpha value is -1.59. The standard InChI is InChI=1S/C16H24N2O3/c1-2-21-15-6-3-5-14(13-15)16(19)17-7-4-8-18-9-11-20-12-10-18/h3,5-6,13H,2,4,7-12H2,1H3,(H,17,19). The number of benzene rings is 1. The second-order valence-electron chi connectivity index (χ2n) is 5.02. The Balaban J connectivity index is 1.70. The zero-order chi connectivity index (χ0) is 14.9. The van der Waals surface area contributed by atoms with Crippen LogP contribution in [0.1, 0.15) is 23.7 Å². The summed E-state index contributed by atoms with van der Waals surface area (Å²) in [6.45, 7) is 7.84. The maximum Gasteiger partial charge on any atom is 0.251 e. The molecule has 1 aromatic carbocycles. The van der Waals surface area contributed by atoms with Gasteiger partial charge in [0.25, 0.3) is 5.91 Å². The van der Waals surface area contributed by atoms with Crippen molar-refractivity contribution >= 4 is 5.91 Å². The monoisotopic (exact) mass is 292 g/mol. The fourth-order valence-electron chi connectivity index (χ4n) is 2.33. The van der Waals surface area contributed by atoms with E-state index in [0.717, 1.165) is 45.0 Å². The zero-order valence-corrected chi connectivity index (χ0v) is 12.6. The molecule has 2 rings (SSSR count). The Kier molecular flexibility index (Phi) is 6.50. The van der Waals surface area contributed by atoms with Gasteiger partial charge < -0.3 is 14.8 Å². The van der Waals surface area contributed by atoms with Gasteiger partial charge in [-0.25, -0.2) is 0 Å². The van der Waals surface area contributed by atoms with E-state index >= 15 is 0 Å². The first-order valence-electron chi connectivity index (χ1n) is 7.60. The van der Waals surface area contributed by atoms with Crippen LogP contribution in [0.25, 0.3) is 0 Å². The molecule has 1 aliphatic heterocycles. The normalized spacial score (nSPS) is 15.7. The summed E-state index contributed by atoms with van der Waals surface area (Å²) in [6.07, 6.45) is 0.955. The molecule has 0 aromatic heterocycles. The highest BCUT2D eigenvalue weighted by atomic mass is 16.5. The third-order valence-electron chi connectivity index (χ3n) is 3.45. The molecule has 0 unspecified atom stereocenters. The minimum atomic E-state index is -0.0430. The molecule has 1 aromatic rings. The Morgan fingerprint density at radius 3 is 2.95 bits per heavy atom. The number of nitrogens with one attached hydrogen (secondary N) is 1. The molecular weight excluding hydrogens is 268 g/mol. The molecule has 0 bridgehead atoms. The fraction of sp³-hybridized carbons (Fsp3) is 0.562. The van der Waals surface area contributed by atoms with Crippen molar-refractivity contribution in [2.45, 2.75) is 13.3 Å². The highest BCUT2D eigenvalue weighted by Gasteiger charge is 2.10. The van der Waals surface area contributed by atoms with Crippen molar-refractivity contribution < 1.29 is 14.3 Å². The Bertz CT molecular complexity index is 445. The van der Waals surface area contributed by atoms with E-state index in [1.807, 2.05) is 19.1 Å². The largest absolute Gasteiger partial charge is 0.494 e. The highest BCUT2D eigenvalue weighted by Crippen LogP contribution is 2.13. The maximum atomic E-state index is 12.1. The number of ether oxygens (including phenoxy) is 2. The minimum absolute atomic E-state index is 0.0430. The van der Waals surface area contributed by atoms with Crippen molar-refractivity contribution in [3.63, 3.8) is 0 Å². The summed E-state index contributed by atoms with van der Waals surface area (Å²) in [5.74, 6) is 0.692. The summed E-state index contributed by atoms with van der Waals surface area (Å²) in [5.41, 5.74) is 0.646. The number of rotatable bonds is 7. The van der Waals surface area contributed by atoms with E-state index in [0.29, 0.717) is 18.7 Å². The third-order valence-corrected chi connectivity index (χ3v) is 3.45. The number of carbonyl (C=O) groups excluding carboxylic acids is 1. The molecule has 5 nitrogen and oxygen atoms in total. The first kappa shape index (κ1) is 15.8. The number of morpholine rings is 1. The van der Waals surface area contributed by atoms with Crippen molar-refractivity contribution in [2.24, 2.45) is 0 Å². The summed E-state index contributed by atoms with van der Waals surface area (Å²) >= 11 is 0. The number of hydrogen-bond acceptors (Lipinski definition) is 4. The van der Waals surface area contributed by atoms with Crippen LogP contribution in [0.3, 0.4) is 0 Å². The van der Waals surface area contributed by atoms with Gasteiger partial charge in [-0.15, -0.1) is 0 Å². The first-order valence-corrected chi connectivity index (χ1v) is 7.60. The number of amides is 1. The summed E-state index contributed by atoms with van der Waals surface area (Å²) in [6, 6.07) is 7.28. The van der Waals surface area contributed by atoms with Gasteiger partial charge in [-0.05, 0) is 38.1 Å². The molecule has 1 saturated heterocycles. The van der Waals surface area contributed by atoms with E-state index in [4.69, 9.17) is 9.47 Å². The Morgan fingerprint density at radius 1 is 1.38 bits per heavy atom. The molecule has 1 heterocycles. The van der Waals surface area contributed by atoms with Crippen molar-refractivity contribution in [2.75, 3.05) is 46.0 Å². The van der Waals surface area contributed by atoms with E-state index in [1.54, 1.807) is 12.1 Å². The lowest BCUT2D eigenvalue weighted by atomic mass is 10.2. The van der Waals surface area contributed by atoms with Gasteiger partial charge in [0.15, 0.2) is 0 Å². The summed E-state index contributed by atoms with van der Waals surface area (Å²) < 4.78 is 10.7. The molecule has 1 fully saturated rings. The summed E-state index contributed by atoms with van der Waals surface area (Å²) in [7, 11) is 0. The molecule has 0 aliphatic carbocycles. The van der Waals surface area contributed by atoms with Gasteiger partial charge in [-0.1, -0.05) is 6.07 Å². The Labute approximate surface area is 126 Å². The quantitative estimate of drug-likeness (QED) is 0.775. The zero-order valence-electron chi connectivity index (χ0n) is 12.6. The fourth-order valence-corrected chi connectivity index (χ4v) is 2.33. The highest BCUT2D eigenvalue weighted by molar-refractivity contribution is 5.94. The third kappa shape index (κ3) is 5.36. The van der Waals surface area contributed by atoms with Crippen LogP contribution in [0.4, 0.5) is 0 Å². The van der Waals surface area contributed by atoms with Crippen molar-refractivity contribution in [3.8, 4) is 5.75 Å². The van der Waals surface area contributed by atoms with Gasteiger partial charge in [-0.3, -0.25) is 9.69 Å². The molecule has 116 valence electrons. The van der Waals surface area contributed by atoms with Crippen molar-refractivity contribution in [1.82, 2.24) is 10.2 Å². The molecule has 1 N–H and O–H groups in total. The van der Waals surface area contributed by atoms with E-state index in [2.05, 4.69) is 10.2 Å². The summed E-state index contributed by atoms with van der Waals surface area (Å²) in [5, 5.41) is 2.96. The van der Waals surface area contributed by atoms with Gasteiger partial charge >= 0.3 is 0 Å². The van der Waals surface area contributed by atoms with E-state index < -0.39 is 0 Å². The number of carbonyl (C=O) groups is 1. The van der Waals surface area contributed by atoms with Gasteiger partial charge in [-0.2, -0.15) is 0 Å². The number of nitrogens with zero attached hydrogens (tertiary/aromatic N) is 1. The Morgan fingerprint density at radius 2 is 2.19 bits per heavy atom. The van der Waals surface area contributed by atoms with Crippen LogP contribution in [-0.4, -0.2) is 56.8 Å². The van der Waals surface area contributed by atoms with E-state index in [9.17, 15) is 4.79 Å². The number of hydrogen-bond donors (Lipinski definition) is 1. The van der Waals surface area contributed by atoms with Crippen LogP contribution >= 0.6 is 0 Å². The second-order valence-corrected chi connectivity index (χ2v) is 5.02. The maximum absolute atomic E-state index is 12.1. The molecule has 21 heavy (non-hydrogen) atoms. The van der Waals surface area contributed by atoms with Gasteiger partial charge in [0.1, 0.15) is 5.75 Å². The first-order chi connectivity index (χ1) is 10.3. The predicted molar refractivity (Wildman–Crippen MR) is 81.8 cm³/mol. The molecule has 0 atom stereocenters. The van der Waals surface area contributed by atoms with Gasteiger partial charge in [0.05, 0.1) is 19.8 Å². The molecule has 5 heteroatoms. The molecular formula is C16H24N2O3. The van der Waals surface area contributed by atoms with Crippen LogP contribution in [0.15, 0.2) is 24.3 Å². The molecule has 0 spiro atoms. The minimum Gasteiger partial charge on any atom is -0.494 e. The van der Waals surface area contributed by atoms with Crippen molar-refractivity contribution in [3.05, 3.63) is 29.8 Å². The molecule has 0 radical (unpaired) electrons. The molecule has 0 saturated carbocycles. The predicted octanol–water partition coefficient (Wildman–Crippen LogP) is 1.54. The second kappa shape index (κ2) is 8.64. The van der Waals surface area contributed by atoms with Crippen LogP contribution in [0.5, 0.6) is 5.75 Å². The molecule has 1 amide bonds. The lowest BCUT2D eigenvalue weighted by Gasteiger charge is -2.26. The topological polar surface area (TPSA) is 50.8 Å². The average Bonchev–Trinajstić information content (AvgIpc) is 2.53. The van der Waals surface area contributed by atoms with Gasteiger partial charge in [0, 0.05) is 25.2 Å². The van der Waals surface area contributed by atoms with Crippen LogP contribution in [0, 0.1) is 0 Å². The summed E-state index contributed by atoms with van der Waals surface area (Å²) in [4.78, 5) is 14.4. The van der Waals surface area contributed by atoms with E-state index in [1.165, 1.54) is 0 Å². The van der Waals surface area contributed by atoms with Gasteiger partial charge in [0.2, 0.25) is 0 Å².